The fraction of sp³-hybridized carbons (Fsp3) is 0.328. The number of benzene rings is 5. The van der Waals surface area contributed by atoms with Crippen molar-refractivity contribution in [2.75, 3.05) is 7.11 Å². The van der Waals surface area contributed by atoms with Crippen molar-refractivity contribution >= 4 is 82.1 Å². The maximum absolute atomic E-state index is 13.2. The molecular formula is C61H38O2. The zero-order valence-electron chi connectivity index (χ0n) is 34.9. The molecule has 2 fully saturated rings. The number of esters is 1. The Morgan fingerprint density at radius 3 is 2.48 bits per heavy atom. The Labute approximate surface area is 361 Å². The summed E-state index contributed by atoms with van der Waals surface area (Å²) < 4.78 is 5.40. The summed E-state index contributed by atoms with van der Waals surface area (Å²) in [6.07, 6.45) is 26.7. The van der Waals surface area contributed by atoms with Crippen LogP contribution < -0.4 is 15.7 Å². The molecule has 15 aliphatic carbocycles. The molecule has 12 unspecified atom stereocenters. The zero-order valence-corrected chi connectivity index (χ0v) is 34.9. The topological polar surface area (TPSA) is 26.3 Å². The molecule has 0 amide bonds. The molecule has 2 nitrogen and oxygen atoms in total. The van der Waals surface area contributed by atoms with Gasteiger partial charge in [-0.2, -0.15) is 0 Å². The van der Waals surface area contributed by atoms with E-state index >= 15 is 0 Å². The van der Waals surface area contributed by atoms with E-state index in [0.717, 1.165) is 12.8 Å². The Balaban J connectivity index is 1.09. The molecule has 294 valence electrons. The summed E-state index contributed by atoms with van der Waals surface area (Å²) in [5, 5.41) is 22.4. The van der Waals surface area contributed by atoms with Crippen LogP contribution in [0.5, 0.6) is 0 Å². The summed E-state index contributed by atoms with van der Waals surface area (Å²) in [7, 11) is 1.57. The van der Waals surface area contributed by atoms with Gasteiger partial charge in [0.25, 0.3) is 0 Å². The molecule has 15 aliphatic rings. The number of carbonyl (C=O) groups excluding carboxylic acids is 1. The lowest BCUT2D eigenvalue weighted by molar-refractivity contribution is -0.140. The Hall–Kier alpha value is -5.73. The van der Waals surface area contributed by atoms with Gasteiger partial charge in [-0.05, 0) is 199 Å². The van der Waals surface area contributed by atoms with Gasteiger partial charge in [0.05, 0.1) is 7.11 Å². The number of hydrogen-bond acceptors (Lipinski definition) is 2. The third-order valence-electron chi connectivity index (χ3n) is 22.8. The van der Waals surface area contributed by atoms with Crippen LogP contribution in [0, 0.1) is 23.7 Å². The fourth-order valence-corrected chi connectivity index (χ4v) is 22.4. The van der Waals surface area contributed by atoms with Crippen LogP contribution in [-0.4, -0.2) is 13.1 Å². The Kier molecular flexibility index (Phi) is 3.77. The van der Waals surface area contributed by atoms with Crippen molar-refractivity contribution in [2.45, 2.75) is 90.8 Å². The first kappa shape index (κ1) is 29.6. The molecular weight excluding hydrogens is 765 g/mol. The highest BCUT2D eigenvalue weighted by Gasteiger charge is 2.94. The summed E-state index contributed by atoms with van der Waals surface area (Å²) in [5.41, 5.74) is 25.3. The SMILES string of the molecule is COC(=O)CCCC1(c2ccccc2)C23C4=C5C=CC6c7c5c2c2c5c7C7C6C=C6CC8CC9=c%10c%11c%12c(c5c5c2c2c%13c%14c%15c(c%10c%12c%145)C(C9)CC%15C=CC=%13C(C=C4)C213)C7C6C=%118. The van der Waals surface area contributed by atoms with E-state index in [4.69, 9.17) is 4.74 Å². The van der Waals surface area contributed by atoms with E-state index in [1.54, 1.807) is 132 Å². The third kappa shape index (κ3) is 2.16. The van der Waals surface area contributed by atoms with Crippen molar-refractivity contribution in [3.8, 4) is 0 Å². The van der Waals surface area contributed by atoms with Crippen LogP contribution in [0.2, 0.25) is 0 Å². The molecule has 0 saturated heterocycles. The highest BCUT2D eigenvalue weighted by molar-refractivity contribution is 6.46. The van der Waals surface area contributed by atoms with Gasteiger partial charge < -0.3 is 4.74 Å². The molecule has 2 saturated carbocycles. The van der Waals surface area contributed by atoms with Gasteiger partial charge in [-0.15, -0.1) is 0 Å². The highest BCUT2D eigenvalue weighted by Crippen LogP contribution is 2.94. The summed E-state index contributed by atoms with van der Waals surface area (Å²) in [5.74, 6) is 4.67. The molecule has 0 N–H and O–H groups in total. The van der Waals surface area contributed by atoms with E-state index in [9.17, 15) is 4.79 Å². The Bertz CT molecular complexity index is 4240. The lowest BCUT2D eigenvalue weighted by Crippen LogP contribution is -2.41. The van der Waals surface area contributed by atoms with Crippen LogP contribution in [0.25, 0.3) is 76.2 Å². The summed E-state index contributed by atoms with van der Waals surface area (Å²) in [6.45, 7) is 0. The average Bonchev–Trinajstić information content (AvgIpc) is 4.04. The van der Waals surface area contributed by atoms with Crippen molar-refractivity contribution in [2.24, 2.45) is 23.7 Å². The lowest BCUT2D eigenvalue weighted by atomic mass is 9.58. The first-order valence-electron chi connectivity index (χ1n) is 24.7. The van der Waals surface area contributed by atoms with Crippen molar-refractivity contribution in [1.29, 1.82) is 0 Å². The Morgan fingerprint density at radius 1 is 0.730 bits per heavy atom. The van der Waals surface area contributed by atoms with Crippen LogP contribution in [0.15, 0.2) is 84.0 Å². The normalized spacial score (nSPS) is 39.3. The molecule has 0 aliphatic heterocycles. The van der Waals surface area contributed by atoms with E-state index in [-0.39, 0.29) is 28.1 Å². The molecule has 2 heteroatoms. The largest absolute Gasteiger partial charge is 0.469 e. The monoisotopic (exact) mass is 802 g/mol. The van der Waals surface area contributed by atoms with Crippen molar-refractivity contribution in [1.82, 2.24) is 0 Å². The molecule has 63 heavy (non-hydrogen) atoms. The van der Waals surface area contributed by atoms with E-state index in [0.29, 0.717) is 53.8 Å². The Morgan fingerprint density at radius 2 is 1.56 bits per heavy atom. The molecule has 12 atom stereocenters. The third-order valence-corrected chi connectivity index (χ3v) is 22.8. The minimum absolute atomic E-state index is 0.0772. The predicted octanol–water partition coefficient (Wildman–Crippen LogP) is 10.3. The van der Waals surface area contributed by atoms with Crippen LogP contribution in [0.1, 0.15) is 125 Å². The minimum atomic E-state index is -0.215. The molecule has 0 bridgehead atoms. The molecule has 7 aromatic rings. The van der Waals surface area contributed by atoms with Gasteiger partial charge in [0.2, 0.25) is 0 Å². The quantitative estimate of drug-likeness (QED) is 0.128. The van der Waals surface area contributed by atoms with Crippen molar-refractivity contribution < 1.29 is 9.53 Å². The fourth-order valence-electron chi connectivity index (χ4n) is 22.4. The van der Waals surface area contributed by atoms with Crippen LogP contribution in [0.3, 0.4) is 0 Å². The zero-order chi connectivity index (χ0) is 39.6. The van der Waals surface area contributed by atoms with E-state index in [2.05, 4.69) is 72.9 Å². The first-order valence-corrected chi connectivity index (χ1v) is 24.7. The number of rotatable bonds is 5. The average molecular weight is 803 g/mol. The summed E-state index contributed by atoms with van der Waals surface area (Å²) in [4.78, 5) is 13.2. The standard InChI is InChI=1S/C61H38O2/c1-63-33(62)8-5-15-59(26-6-3-2-4-7-26)60-32-14-13-31-28-10-9-21-16-22-17-24-18-23-19-25-20-30-27-11-12-29(32)41-39(27)47-40(30)45-37(25)36(23)44-38(24)43-35(22)34(21)46-42(28)58(61(31,59)60)56-54-51(46)49(43)48(44)50(45)52(54)53(47)55(56)57(41)60/h2-4,6-7,9-14,20-23,27,30-31,37,40,45H,5,8,15-19H2,1H3. The summed E-state index contributed by atoms with van der Waals surface area (Å²) >= 11 is 0. The lowest BCUT2D eigenvalue weighted by Gasteiger charge is -2.45. The van der Waals surface area contributed by atoms with Gasteiger partial charge in [-0.1, -0.05) is 89.6 Å². The molecule has 0 radical (unpaired) electrons. The van der Waals surface area contributed by atoms with Gasteiger partial charge >= 0.3 is 5.97 Å². The van der Waals surface area contributed by atoms with Gasteiger partial charge in [0, 0.05) is 52.3 Å². The molecule has 0 aromatic heterocycles. The number of methoxy groups -OCH3 is 1. The van der Waals surface area contributed by atoms with Gasteiger partial charge in [0.1, 0.15) is 0 Å². The van der Waals surface area contributed by atoms with E-state index in [1.807, 2.05) is 22.3 Å². The second kappa shape index (κ2) is 8.03. The molecule has 2 spiro atoms. The van der Waals surface area contributed by atoms with Gasteiger partial charge in [0.15, 0.2) is 0 Å². The second-order valence-corrected chi connectivity index (χ2v) is 23.4. The van der Waals surface area contributed by atoms with E-state index in [1.165, 1.54) is 31.2 Å². The summed E-state index contributed by atoms with van der Waals surface area (Å²) in [6, 6.07) is 11.9. The number of allylic oxidation sites excluding steroid dienone is 10. The van der Waals surface area contributed by atoms with Gasteiger partial charge in [-0.3, -0.25) is 4.79 Å². The molecule has 22 rings (SSSR count). The predicted molar refractivity (Wildman–Crippen MR) is 247 cm³/mol. The second-order valence-electron chi connectivity index (χ2n) is 23.4. The van der Waals surface area contributed by atoms with Crippen LogP contribution in [0.4, 0.5) is 0 Å². The van der Waals surface area contributed by atoms with Crippen molar-refractivity contribution in [3.05, 3.63) is 150 Å². The van der Waals surface area contributed by atoms with E-state index < -0.39 is 0 Å². The minimum Gasteiger partial charge on any atom is -0.469 e. The maximum atomic E-state index is 13.2. The van der Waals surface area contributed by atoms with Crippen LogP contribution in [-0.2, 0) is 25.8 Å². The van der Waals surface area contributed by atoms with Crippen LogP contribution >= 0.6 is 0 Å². The number of carbonyl (C=O) groups is 1. The van der Waals surface area contributed by atoms with Crippen molar-refractivity contribution in [3.63, 3.8) is 0 Å². The molecule has 7 aromatic carbocycles. The number of hydrogen-bond donors (Lipinski definition) is 0. The first-order chi connectivity index (χ1) is 31.2. The smallest absolute Gasteiger partial charge is 0.305 e. The van der Waals surface area contributed by atoms with Gasteiger partial charge in [-0.25, -0.2) is 0 Å². The number of fused-ring (bicyclic) bond motifs is 2. The highest BCUT2D eigenvalue weighted by atomic mass is 16.5. The number of ether oxygens (including phenoxy) is 1. The molecule has 0 heterocycles. The maximum Gasteiger partial charge on any atom is 0.305 e.